The van der Waals surface area contributed by atoms with Gasteiger partial charge in [-0.15, -0.1) is 11.3 Å². The van der Waals surface area contributed by atoms with Gasteiger partial charge in [-0.05, 0) is 37.1 Å². The zero-order valence-electron chi connectivity index (χ0n) is 10.9. The lowest BCUT2D eigenvalue weighted by molar-refractivity contribution is -0.124. The normalized spacial score (nSPS) is 30.5. The zero-order valence-corrected chi connectivity index (χ0v) is 11.7. The number of amides is 1. The van der Waals surface area contributed by atoms with Gasteiger partial charge in [-0.1, -0.05) is 6.07 Å². The molecule has 4 nitrogen and oxygen atoms in total. The topological polar surface area (TPSA) is 52.6 Å². The van der Waals surface area contributed by atoms with Crippen LogP contribution in [0.4, 0.5) is 0 Å². The first-order valence-electron chi connectivity index (χ1n) is 6.95. The quantitative estimate of drug-likeness (QED) is 0.875. The fraction of sp³-hybridized carbons (Fsp3) is 0.643. The molecule has 1 aromatic rings. The third-order valence-electron chi connectivity index (χ3n) is 4.23. The van der Waals surface area contributed by atoms with Crippen molar-refractivity contribution in [3.63, 3.8) is 0 Å². The van der Waals surface area contributed by atoms with Crippen molar-refractivity contribution in [3.8, 4) is 0 Å². The van der Waals surface area contributed by atoms with Crippen molar-refractivity contribution in [2.45, 2.75) is 50.4 Å². The van der Waals surface area contributed by atoms with Crippen molar-refractivity contribution in [2.24, 2.45) is 0 Å². The molecule has 2 saturated heterocycles. The number of carbonyl (C=O) groups excluding carboxylic acids is 1. The smallest absolute Gasteiger partial charge is 0.234 e. The van der Waals surface area contributed by atoms with Crippen molar-refractivity contribution >= 4 is 17.2 Å². The Morgan fingerprint density at radius 2 is 2.16 bits per heavy atom. The number of nitrogens with one attached hydrogen (secondary N) is 1. The molecule has 3 rings (SSSR count). The lowest BCUT2D eigenvalue weighted by Gasteiger charge is -2.36. The van der Waals surface area contributed by atoms with Gasteiger partial charge in [-0.2, -0.15) is 0 Å². The molecule has 0 spiro atoms. The minimum atomic E-state index is -0.164. The number of hydrogen-bond acceptors (Lipinski definition) is 4. The lowest BCUT2D eigenvalue weighted by Crippen LogP contribution is -2.48. The molecular formula is C14H20N2O2S. The molecule has 1 amide bonds. The number of hydrogen-bond donors (Lipinski definition) is 2. The van der Waals surface area contributed by atoms with E-state index in [1.807, 2.05) is 17.5 Å². The molecule has 5 heteroatoms. The van der Waals surface area contributed by atoms with E-state index in [4.69, 9.17) is 0 Å². The third kappa shape index (κ3) is 2.99. The standard InChI is InChI=1S/C14H20N2O2S/c17-12-6-10-3-4-11(7-12)16(10)9-14(18)15-8-13-2-1-5-19-13/h1-2,5,10-12,17H,3-4,6-9H2,(H,15,18). The fourth-order valence-corrected chi connectivity index (χ4v) is 3.97. The summed E-state index contributed by atoms with van der Waals surface area (Å²) in [5.74, 6) is 0.0988. The predicted octanol–water partition coefficient (Wildman–Crippen LogP) is 1.35. The van der Waals surface area contributed by atoms with Crippen LogP contribution in [0.2, 0.25) is 0 Å². The number of aliphatic hydroxyl groups excluding tert-OH is 1. The molecule has 2 fully saturated rings. The number of thiophene rings is 1. The Bertz CT molecular complexity index is 421. The van der Waals surface area contributed by atoms with E-state index < -0.39 is 0 Å². The van der Waals surface area contributed by atoms with Crippen LogP contribution in [-0.2, 0) is 11.3 Å². The number of nitrogens with zero attached hydrogens (tertiary/aromatic N) is 1. The van der Waals surface area contributed by atoms with Crippen LogP contribution < -0.4 is 5.32 Å². The minimum Gasteiger partial charge on any atom is -0.393 e. The number of piperidine rings is 1. The van der Waals surface area contributed by atoms with Crippen molar-refractivity contribution in [1.29, 1.82) is 0 Å². The van der Waals surface area contributed by atoms with Crippen molar-refractivity contribution in [1.82, 2.24) is 10.2 Å². The molecule has 0 saturated carbocycles. The van der Waals surface area contributed by atoms with Crippen LogP contribution in [0.25, 0.3) is 0 Å². The molecule has 0 aliphatic carbocycles. The summed E-state index contributed by atoms with van der Waals surface area (Å²) in [7, 11) is 0. The van der Waals surface area contributed by atoms with Crippen LogP contribution in [0.1, 0.15) is 30.6 Å². The van der Waals surface area contributed by atoms with E-state index in [2.05, 4.69) is 10.2 Å². The van der Waals surface area contributed by atoms with E-state index in [0.29, 0.717) is 25.2 Å². The predicted molar refractivity (Wildman–Crippen MR) is 74.9 cm³/mol. The van der Waals surface area contributed by atoms with E-state index >= 15 is 0 Å². The Labute approximate surface area is 117 Å². The highest BCUT2D eigenvalue weighted by atomic mass is 32.1. The van der Waals surface area contributed by atoms with Crippen LogP contribution >= 0.6 is 11.3 Å². The molecule has 2 N–H and O–H groups in total. The molecule has 104 valence electrons. The summed E-state index contributed by atoms with van der Waals surface area (Å²) in [6.45, 7) is 1.11. The Balaban J connectivity index is 1.50. The maximum Gasteiger partial charge on any atom is 0.234 e. The Hall–Kier alpha value is -0.910. The second-order valence-corrected chi connectivity index (χ2v) is 6.57. The second-order valence-electron chi connectivity index (χ2n) is 5.54. The maximum atomic E-state index is 12.0. The van der Waals surface area contributed by atoms with Gasteiger partial charge in [-0.3, -0.25) is 9.69 Å². The molecule has 2 aliphatic heterocycles. The average molecular weight is 280 g/mol. The number of carbonyl (C=O) groups is 1. The highest BCUT2D eigenvalue weighted by Gasteiger charge is 2.40. The van der Waals surface area contributed by atoms with Crippen LogP contribution in [0.5, 0.6) is 0 Å². The van der Waals surface area contributed by atoms with E-state index in [0.717, 1.165) is 25.7 Å². The first-order valence-corrected chi connectivity index (χ1v) is 7.83. The Morgan fingerprint density at radius 1 is 1.42 bits per heavy atom. The van der Waals surface area contributed by atoms with Crippen LogP contribution in [-0.4, -0.2) is 40.6 Å². The van der Waals surface area contributed by atoms with E-state index in [9.17, 15) is 9.90 Å². The number of rotatable bonds is 4. The first-order chi connectivity index (χ1) is 9.22. The van der Waals surface area contributed by atoms with Gasteiger partial charge < -0.3 is 10.4 Å². The molecule has 0 aromatic carbocycles. The van der Waals surface area contributed by atoms with Gasteiger partial charge in [0.15, 0.2) is 0 Å². The van der Waals surface area contributed by atoms with Crippen molar-refractivity contribution < 1.29 is 9.90 Å². The summed E-state index contributed by atoms with van der Waals surface area (Å²) in [5.41, 5.74) is 0. The summed E-state index contributed by atoms with van der Waals surface area (Å²) in [6.07, 6.45) is 3.74. The highest BCUT2D eigenvalue weighted by molar-refractivity contribution is 7.09. The van der Waals surface area contributed by atoms with Gasteiger partial charge >= 0.3 is 0 Å². The van der Waals surface area contributed by atoms with Gasteiger partial charge in [0.25, 0.3) is 0 Å². The number of fused-ring (bicyclic) bond motifs is 2. The summed E-state index contributed by atoms with van der Waals surface area (Å²) in [4.78, 5) is 15.5. The molecule has 1 aromatic heterocycles. The second kappa shape index (κ2) is 5.61. The summed E-state index contributed by atoms with van der Waals surface area (Å²) in [5, 5.41) is 14.7. The monoisotopic (exact) mass is 280 g/mol. The molecule has 19 heavy (non-hydrogen) atoms. The molecule has 2 unspecified atom stereocenters. The van der Waals surface area contributed by atoms with Gasteiger partial charge in [0.2, 0.25) is 5.91 Å². The van der Waals surface area contributed by atoms with Gasteiger partial charge in [0.05, 0.1) is 19.2 Å². The molecule has 3 heterocycles. The highest BCUT2D eigenvalue weighted by Crippen LogP contribution is 2.35. The zero-order chi connectivity index (χ0) is 13.2. The van der Waals surface area contributed by atoms with Crippen LogP contribution in [0.3, 0.4) is 0 Å². The minimum absolute atomic E-state index is 0.0988. The number of aliphatic hydroxyl groups is 1. The first kappa shape index (κ1) is 13.1. The largest absolute Gasteiger partial charge is 0.393 e. The van der Waals surface area contributed by atoms with Crippen LogP contribution in [0, 0.1) is 0 Å². The summed E-state index contributed by atoms with van der Waals surface area (Å²) >= 11 is 1.66. The summed E-state index contributed by atoms with van der Waals surface area (Å²) in [6, 6.07) is 4.84. The Kier molecular flexibility index (Phi) is 3.86. The molecule has 0 radical (unpaired) electrons. The van der Waals surface area contributed by atoms with E-state index in [1.54, 1.807) is 11.3 Å². The molecular weight excluding hydrogens is 260 g/mol. The Morgan fingerprint density at radius 3 is 2.79 bits per heavy atom. The van der Waals surface area contributed by atoms with E-state index in [-0.39, 0.29) is 12.0 Å². The SMILES string of the molecule is O=C(CN1C2CCC1CC(O)C2)NCc1cccs1. The third-order valence-corrected chi connectivity index (χ3v) is 5.10. The maximum absolute atomic E-state index is 12.0. The van der Waals surface area contributed by atoms with Crippen molar-refractivity contribution in [3.05, 3.63) is 22.4 Å². The fourth-order valence-electron chi connectivity index (χ4n) is 3.32. The molecule has 2 bridgehead atoms. The lowest BCUT2D eigenvalue weighted by atomic mass is 10.00. The van der Waals surface area contributed by atoms with Crippen LogP contribution in [0.15, 0.2) is 17.5 Å². The van der Waals surface area contributed by atoms with Crippen molar-refractivity contribution in [2.75, 3.05) is 6.54 Å². The van der Waals surface area contributed by atoms with Gasteiger partial charge in [0.1, 0.15) is 0 Å². The average Bonchev–Trinajstić information content (AvgIpc) is 2.96. The summed E-state index contributed by atoms with van der Waals surface area (Å²) < 4.78 is 0. The van der Waals surface area contributed by atoms with Gasteiger partial charge in [0, 0.05) is 17.0 Å². The van der Waals surface area contributed by atoms with Gasteiger partial charge in [-0.25, -0.2) is 0 Å². The molecule has 2 aliphatic rings. The molecule has 2 atom stereocenters. The van der Waals surface area contributed by atoms with E-state index in [1.165, 1.54) is 4.88 Å².